The summed E-state index contributed by atoms with van der Waals surface area (Å²) in [6, 6.07) is 6.71. The Labute approximate surface area is 127 Å². The molecule has 1 aromatic carbocycles. The van der Waals surface area contributed by atoms with Crippen molar-refractivity contribution < 1.29 is 18.3 Å². The zero-order valence-electron chi connectivity index (χ0n) is 11.8. The topological polar surface area (TPSA) is 74.7 Å². The summed E-state index contributed by atoms with van der Waals surface area (Å²) < 4.78 is 27.7. The number of hydrogen-bond donors (Lipinski definition) is 1. The molecular weight excluding hydrogens is 310 g/mol. The van der Waals surface area contributed by atoms with Crippen molar-refractivity contribution in [3.05, 3.63) is 29.6 Å². The van der Waals surface area contributed by atoms with Gasteiger partial charge in [-0.1, -0.05) is 25.1 Å². The molecule has 1 heterocycles. The fourth-order valence-corrected chi connectivity index (χ4v) is 5.47. The normalized spacial score (nSPS) is 13.7. The van der Waals surface area contributed by atoms with Crippen LogP contribution < -0.4 is 0 Å². The number of carboxylic acid groups (broad SMARTS) is 1. The molecule has 1 unspecified atom stereocenters. The summed E-state index contributed by atoms with van der Waals surface area (Å²) in [7, 11) is -3.70. The van der Waals surface area contributed by atoms with Gasteiger partial charge in [-0.3, -0.25) is 4.79 Å². The minimum atomic E-state index is -3.70. The standard InChI is InChI=1S/C14H17NO4S2/c1-3-15(10(2)8-14(16)17)21(18,19)13-9-20-12-7-5-4-6-11(12)13/h4-7,9-10H,3,8H2,1-2H3,(H,16,17). The van der Waals surface area contributed by atoms with Crippen LogP contribution in [0.3, 0.4) is 0 Å². The fourth-order valence-electron chi connectivity index (χ4n) is 2.35. The van der Waals surface area contributed by atoms with Gasteiger partial charge in [0, 0.05) is 28.1 Å². The van der Waals surface area contributed by atoms with Crippen LogP contribution in [-0.4, -0.2) is 36.4 Å². The Morgan fingerprint density at radius 1 is 1.38 bits per heavy atom. The van der Waals surface area contributed by atoms with Crippen molar-refractivity contribution in [1.82, 2.24) is 4.31 Å². The molecule has 0 radical (unpaired) electrons. The molecule has 1 atom stereocenters. The lowest BCUT2D eigenvalue weighted by Gasteiger charge is -2.25. The molecule has 2 aromatic rings. The van der Waals surface area contributed by atoms with Gasteiger partial charge in [0.05, 0.1) is 6.42 Å². The van der Waals surface area contributed by atoms with Gasteiger partial charge in [-0.25, -0.2) is 8.42 Å². The van der Waals surface area contributed by atoms with Gasteiger partial charge in [0.15, 0.2) is 0 Å². The molecule has 2 rings (SSSR count). The monoisotopic (exact) mass is 327 g/mol. The van der Waals surface area contributed by atoms with Crippen molar-refractivity contribution in [2.75, 3.05) is 6.54 Å². The quantitative estimate of drug-likeness (QED) is 0.885. The second kappa shape index (κ2) is 6.13. The van der Waals surface area contributed by atoms with Crippen LogP contribution in [-0.2, 0) is 14.8 Å². The van der Waals surface area contributed by atoms with Gasteiger partial charge >= 0.3 is 5.97 Å². The van der Waals surface area contributed by atoms with Gasteiger partial charge in [0.1, 0.15) is 4.90 Å². The number of nitrogens with zero attached hydrogens (tertiary/aromatic N) is 1. The highest BCUT2D eigenvalue weighted by atomic mass is 32.2. The number of thiophene rings is 1. The average Bonchev–Trinajstić information content (AvgIpc) is 2.82. The van der Waals surface area contributed by atoms with Gasteiger partial charge in [0.25, 0.3) is 0 Å². The van der Waals surface area contributed by atoms with Crippen LogP contribution in [0, 0.1) is 0 Å². The molecule has 1 aromatic heterocycles. The summed E-state index contributed by atoms with van der Waals surface area (Å²) in [6.07, 6.45) is -0.213. The van der Waals surface area contributed by atoms with E-state index in [2.05, 4.69) is 0 Å². The zero-order chi connectivity index (χ0) is 15.6. The minimum absolute atomic E-state index is 0.213. The first kappa shape index (κ1) is 15.9. The number of sulfonamides is 1. The van der Waals surface area contributed by atoms with E-state index in [1.807, 2.05) is 12.1 Å². The maximum absolute atomic E-state index is 12.8. The molecule has 0 aliphatic carbocycles. The summed E-state index contributed by atoms with van der Waals surface area (Å²) in [5.41, 5.74) is 0. The van der Waals surface area contributed by atoms with Crippen LogP contribution in [0.2, 0.25) is 0 Å². The van der Waals surface area contributed by atoms with E-state index in [1.165, 1.54) is 15.6 Å². The summed E-state index contributed by atoms with van der Waals surface area (Å²) in [4.78, 5) is 11.1. The Hall–Kier alpha value is -1.44. The van der Waals surface area contributed by atoms with E-state index in [-0.39, 0.29) is 17.9 Å². The lowest BCUT2D eigenvalue weighted by Crippen LogP contribution is -2.39. The second-order valence-corrected chi connectivity index (χ2v) is 7.52. The lowest BCUT2D eigenvalue weighted by atomic mass is 10.2. The number of aliphatic carboxylic acids is 1. The average molecular weight is 327 g/mol. The van der Waals surface area contributed by atoms with Gasteiger partial charge in [-0.05, 0) is 13.0 Å². The van der Waals surface area contributed by atoms with Crippen LogP contribution in [0.1, 0.15) is 20.3 Å². The Bertz CT molecular complexity index is 751. The van der Waals surface area contributed by atoms with E-state index in [0.29, 0.717) is 5.39 Å². The Morgan fingerprint density at radius 2 is 2.05 bits per heavy atom. The van der Waals surface area contributed by atoms with Crippen LogP contribution in [0.5, 0.6) is 0 Å². The summed E-state index contributed by atoms with van der Waals surface area (Å²) in [5, 5.41) is 11.2. The molecule has 5 nitrogen and oxygen atoms in total. The Morgan fingerprint density at radius 3 is 2.67 bits per heavy atom. The SMILES string of the molecule is CCN(C(C)CC(=O)O)S(=O)(=O)c1csc2ccccc12. The maximum Gasteiger partial charge on any atom is 0.304 e. The third-order valence-electron chi connectivity index (χ3n) is 3.31. The van der Waals surface area contributed by atoms with Crippen molar-refractivity contribution in [1.29, 1.82) is 0 Å². The third-order valence-corrected chi connectivity index (χ3v) is 6.55. The number of hydrogen-bond acceptors (Lipinski definition) is 4. The number of fused-ring (bicyclic) bond motifs is 1. The van der Waals surface area contributed by atoms with Gasteiger partial charge < -0.3 is 5.11 Å². The molecule has 0 aliphatic heterocycles. The van der Waals surface area contributed by atoms with Crippen molar-refractivity contribution in [2.24, 2.45) is 0 Å². The first-order chi connectivity index (χ1) is 9.87. The first-order valence-electron chi connectivity index (χ1n) is 6.57. The summed E-state index contributed by atoms with van der Waals surface area (Å²) >= 11 is 1.37. The summed E-state index contributed by atoms with van der Waals surface area (Å²) in [5.74, 6) is -1.01. The molecule has 114 valence electrons. The van der Waals surface area contributed by atoms with Crippen molar-refractivity contribution in [2.45, 2.75) is 31.2 Å². The number of carbonyl (C=O) groups is 1. The molecule has 0 saturated carbocycles. The molecule has 0 spiro atoms. The Kier molecular flexibility index (Phi) is 4.65. The molecule has 0 bridgehead atoms. The minimum Gasteiger partial charge on any atom is -0.481 e. The molecule has 1 N–H and O–H groups in total. The van der Waals surface area contributed by atoms with Crippen molar-refractivity contribution in [3.8, 4) is 0 Å². The predicted octanol–water partition coefficient (Wildman–Crippen LogP) is 2.78. The van der Waals surface area contributed by atoms with Crippen LogP contribution in [0.25, 0.3) is 10.1 Å². The van der Waals surface area contributed by atoms with E-state index in [9.17, 15) is 13.2 Å². The van der Waals surface area contributed by atoms with E-state index in [4.69, 9.17) is 5.11 Å². The van der Waals surface area contributed by atoms with Crippen molar-refractivity contribution in [3.63, 3.8) is 0 Å². The molecule has 7 heteroatoms. The van der Waals surface area contributed by atoms with Crippen LogP contribution >= 0.6 is 11.3 Å². The predicted molar refractivity (Wildman–Crippen MR) is 83.1 cm³/mol. The maximum atomic E-state index is 12.8. The molecule has 0 saturated heterocycles. The second-order valence-electron chi connectivity index (χ2n) is 4.75. The highest BCUT2D eigenvalue weighted by Gasteiger charge is 2.30. The number of rotatable bonds is 6. The number of benzene rings is 1. The van der Waals surface area contributed by atoms with Gasteiger partial charge in [-0.15, -0.1) is 11.3 Å². The van der Waals surface area contributed by atoms with E-state index < -0.39 is 22.0 Å². The van der Waals surface area contributed by atoms with Crippen LogP contribution in [0.4, 0.5) is 0 Å². The van der Waals surface area contributed by atoms with E-state index in [0.717, 1.165) is 4.70 Å². The lowest BCUT2D eigenvalue weighted by molar-refractivity contribution is -0.137. The molecule has 0 aliphatic rings. The van der Waals surface area contributed by atoms with E-state index in [1.54, 1.807) is 31.4 Å². The largest absolute Gasteiger partial charge is 0.481 e. The zero-order valence-corrected chi connectivity index (χ0v) is 13.4. The van der Waals surface area contributed by atoms with Gasteiger partial charge in [-0.2, -0.15) is 4.31 Å². The first-order valence-corrected chi connectivity index (χ1v) is 8.89. The molecule has 0 amide bonds. The van der Waals surface area contributed by atoms with Crippen LogP contribution in [0.15, 0.2) is 34.5 Å². The molecular formula is C14H17NO4S2. The molecule has 0 fully saturated rings. The van der Waals surface area contributed by atoms with E-state index >= 15 is 0 Å². The smallest absolute Gasteiger partial charge is 0.304 e. The van der Waals surface area contributed by atoms with Crippen molar-refractivity contribution >= 4 is 37.4 Å². The fraction of sp³-hybridized carbons (Fsp3) is 0.357. The highest BCUT2D eigenvalue weighted by molar-refractivity contribution is 7.89. The molecule has 21 heavy (non-hydrogen) atoms. The third kappa shape index (κ3) is 3.09. The highest BCUT2D eigenvalue weighted by Crippen LogP contribution is 2.32. The Balaban J connectivity index is 2.46. The number of carboxylic acids is 1. The van der Waals surface area contributed by atoms with Gasteiger partial charge in [0.2, 0.25) is 10.0 Å². The summed E-state index contributed by atoms with van der Waals surface area (Å²) in [6.45, 7) is 3.56.